The molecule has 0 saturated carbocycles. The van der Waals surface area contributed by atoms with E-state index >= 15 is 0 Å². The van der Waals surface area contributed by atoms with Crippen molar-refractivity contribution in [2.45, 2.75) is 13.5 Å². The van der Waals surface area contributed by atoms with Crippen molar-refractivity contribution in [1.82, 2.24) is 10.3 Å². The Hall–Kier alpha value is -1.17. The van der Waals surface area contributed by atoms with Crippen LogP contribution in [-0.4, -0.2) is 11.5 Å². The number of benzene rings is 1. The monoisotopic (exact) mass is 358 g/mol. The lowest BCUT2D eigenvalue weighted by molar-refractivity contribution is 0.449. The summed E-state index contributed by atoms with van der Waals surface area (Å²) in [4.78, 5) is 3.98. The van der Waals surface area contributed by atoms with Crippen LogP contribution in [0.5, 0.6) is 11.6 Å². The molecule has 0 fully saturated rings. The summed E-state index contributed by atoms with van der Waals surface area (Å²) < 4.78 is 19.8. The molecule has 2 aromatic rings. The van der Waals surface area contributed by atoms with Gasteiger partial charge in [0.2, 0.25) is 5.88 Å². The average Bonchev–Trinajstić information content (AvgIpc) is 2.41. The van der Waals surface area contributed by atoms with Gasteiger partial charge in [-0.25, -0.2) is 9.37 Å². The standard InChI is InChI=1S/C14H13BrClFN2O/c1-2-18-7-9-5-11(17)8-19-14(9)20-13-4-3-10(15)6-12(13)16/h3-6,8,18H,2,7H2,1H3. The third-order valence-electron chi connectivity index (χ3n) is 2.56. The number of nitrogens with zero attached hydrogens (tertiary/aromatic N) is 1. The number of hydrogen-bond acceptors (Lipinski definition) is 3. The number of pyridine rings is 1. The first-order chi connectivity index (χ1) is 9.60. The van der Waals surface area contributed by atoms with Crippen LogP contribution in [0.25, 0.3) is 0 Å². The van der Waals surface area contributed by atoms with E-state index in [-0.39, 0.29) is 0 Å². The van der Waals surface area contributed by atoms with Crippen LogP contribution >= 0.6 is 27.5 Å². The maximum atomic E-state index is 13.3. The van der Waals surface area contributed by atoms with E-state index in [1.54, 1.807) is 12.1 Å². The second kappa shape index (κ2) is 7.02. The lowest BCUT2D eigenvalue weighted by Gasteiger charge is -2.11. The fraction of sp³-hybridized carbons (Fsp3) is 0.214. The lowest BCUT2D eigenvalue weighted by atomic mass is 10.2. The second-order valence-electron chi connectivity index (χ2n) is 4.07. The van der Waals surface area contributed by atoms with Crippen LogP contribution < -0.4 is 10.1 Å². The molecule has 0 amide bonds. The highest BCUT2D eigenvalue weighted by atomic mass is 79.9. The molecule has 1 aromatic carbocycles. The van der Waals surface area contributed by atoms with Gasteiger partial charge in [-0.2, -0.15) is 0 Å². The zero-order valence-corrected chi connectivity index (χ0v) is 13.1. The van der Waals surface area contributed by atoms with Crippen LogP contribution in [0.3, 0.4) is 0 Å². The molecule has 0 aliphatic rings. The smallest absolute Gasteiger partial charge is 0.223 e. The van der Waals surface area contributed by atoms with Crippen molar-refractivity contribution < 1.29 is 9.13 Å². The van der Waals surface area contributed by atoms with Gasteiger partial charge in [-0.3, -0.25) is 0 Å². The topological polar surface area (TPSA) is 34.2 Å². The summed E-state index contributed by atoms with van der Waals surface area (Å²) in [7, 11) is 0. The van der Waals surface area contributed by atoms with Gasteiger partial charge in [0.25, 0.3) is 0 Å². The fourth-order valence-corrected chi connectivity index (χ4v) is 2.32. The van der Waals surface area contributed by atoms with Crippen molar-refractivity contribution in [3.05, 3.63) is 51.3 Å². The first-order valence-corrected chi connectivity index (χ1v) is 7.25. The Bertz CT molecular complexity index is 610. The molecule has 20 heavy (non-hydrogen) atoms. The minimum absolute atomic E-state index is 0.344. The Labute approximate surface area is 130 Å². The van der Waals surface area contributed by atoms with Gasteiger partial charge in [0.1, 0.15) is 11.6 Å². The van der Waals surface area contributed by atoms with Gasteiger partial charge in [-0.05, 0) is 30.8 Å². The van der Waals surface area contributed by atoms with E-state index in [0.29, 0.717) is 28.8 Å². The number of aromatic nitrogens is 1. The SMILES string of the molecule is CCNCc1cc(F)cnc1Oc1ccc(Br)cc1Cl. The molecule has 1 N–H and O–H groups in total. The van der Waals surface area contributed by atoms with E-state index in [0.717, 1.165) is 17.2 Å². The molecule has 0 atom stereocenters. The van der Waals surface area contributed by atoms with Crippen molar-refractivity contribution >= 4 is 27.5 Å². The van der Waals surface area contributed by atoms with Gasteiger partial charge in [0, 0.05) is 16.6 Å². The first-order valence-electron chi connectivity index (χ1n) is 6.08. The Morgan fingerprint density at radius 3 is 2.90 bits per heavy atom. The molecule has 0 unspecified atom stereocenters. The van der Waals surface area contributed by atoms with Gasteiger partial charge in [0.05, 0.1) is 11.2 Å². The van der Waals surface area contributed by atoms with Gasteiger partial charge in [-0.15, -0.1) is 0 Å². The Morgan fingerprint density at radius 1 is 1.40 bits per heavy atom. The quantitative estimate of drug-likeness (QED) is 0.851. The normalized spacial score (nSPS) is 10.6. The van der Waals surface area contributed by atoms with E-state index in [9.17, 15) is 4.39 Å². The molecular weight excluding hydrogens is 347 g/mol. The van der Waals surface area contributed by atoms with Crippen LogP contribution in [0.2, 0.25) is 5.02 Å². The Kier molecular flexibility index (Phi) is 5.34. The summed E-state index contributed by atoms with van der Waals surface area (Å²) in [5.74, 6) is 0.426. The van der Waals surface area contributed by atoms with Gasteiger partial charge < -0.3 is 10.1 Å². The van der Waals surface area contributed by atoms with Crippen LogP contribution in [-0.2, 0) is 6.54 Å². The summed E-state index contributed by atoms with van der Waals surface area (Å²) in [6.07, 6.45) is 1.12. The summed E-state index contributed by atoms with van der Waals surface area (Å²) in [5, 5.41) is 3.57. The third-order valence-corrected chi connectivity index (χ3v) is 3.35. The van der Waals surface area contributed by atoms with E-state index < -0.39 is 5.82 Å². The van der Waals surface area contributed by atoms with Crippen molar-refractivity contribution in [1.29, 1.82) is 0 Å². The Balaban J connectivity index is 2.27. The van der Waals surface area contributed by atoms with E-state index in [2.05, 4.69) is 26.2 Å². The molecule has 2 rings (SSSR count). The van der Waals surface area contributed by atoms with Crippen molar-refractivity contribution in [2.24, 2.45) is 0 Å². The van der Waals surface area contributed by atoms with Crippen LogP contribution in [0.4, 0.5) is 4.39 Å². The maximum Gasteiger partial charge on any atom is 0.223 e. The van der Waals surface area contributed by atoms with E-state index in [4.69, 9.17) is 16.3 Å². The number of halogens is 3. The maximum absolute atomic E-state index is 13.3. The summed E-state index contributed by atoms with van der Waals surface area (Å²) in [6, 6.07) is 6.67. The zero-order valence-electron chi connectivity index (χ0n) is 10.8. The average molecular weight is 360 g/mol. The largest absolute Gasteiger partial charge is 0.437 e. The van der Waals surface area contributed by atoms with Gasteiger partial charge >= 0.3 is 0 Å². The van der Waals surface area contributed by atoms with Crippen LogP contribution in [0, 0.1) is 5.82 Å². The van der Waals surface area contributed by atoms with Crippen molar-refractivity contribution in [3.8, 4) is 11.6 Å². The summed E-state index contributed by atoms with van der Waals surface area (Å²) in [5.41, 5.74) is 0.644. The lowest BCUT2D eigenvalue weighted by Crippen LogP contribution is -2.13. The summed E-state index contributed by atoms with van der Waals surface area (Å²) in [6.45, 7) is 3.22. The minimum atomic E-state index is -0.396. The molecule has 0 radical (unpaired) electrons. The molecular formula is C14H13BrClFN2O. The third kappa shape index (κ3) is 3.91. The van der Waals surface area contributed by atoms with E-state index in [1.807, 2.05) is 13.0 Å². The predicted molar refractivity (Wildman–Crippen MR) is 80.8 cm³/mol. The van der Waals surface area contributed by atoms with Crippen molar-refractivity contribution in [3.63, 3.8) is 0 Å². The molecule has 0 aliphatic carbocycles. The molecule has 106 valence electrons. The molecule has 0 aliphatic heterocycles. The van der Waals surface area contributed by atoms with E-state index in [1.165, 1.54) is 6.07 Å². The minimum Gasteiger partial charge on any atom is -0.437 e. The number of hydrogen-bond donors (Lipinski definition) is 1. The number of nitrogens with one attached hydrogen (secondary N) is 1. The molecule has 0 bridgehead atoms. The van der Waals surface area contributed by atoms with Gasteiger partial charge in [-0.1, -0.05) is 34.5 Å². The highest BCUT2D eigenvalue weighted by molar-refractivity contribution is 9.10. The molecule has 0 spiro atoms. The predicted octanol–water partition coefficient (Wildman–Crippen LogP) is 4.54. The fourth-order valence-electron chi connectivity index (χ4n) is 1.61. The van der Waals surface area contributed by atoms with Crippen LogP contribution in [0.15, 0.2) is 34.9 Å². The Morgan fingerprint density at radius 2 is 2.20 bits per heavy atom. The van der Waals surface area contributed by atoms with Crippen LogP contribution in [0.1, 0.15) is 12.5 Å². The number of ether oxygens (including phenoxy) is 1. The summed E-state index contributed by atoms with van der Waals surface area (Å²) >= 11 is 9.42. The highest BCUT2D eigenvalue weighted by Gasteiger charge is 2.10. The first kappa shape index (κ1) is 15.2. The molecule has 1 heterocycles. The molecule has 3 nitrogen and oxygen atoms in total. The number of rotatable bonds is 5. The van der Waals surface area contributed by atoms with Crippen molar-refractivity contribution in [2.75, 3.05) is 6.54 Å². The highest BCUT2D eigenvalue weighted by Crippen LogP contribution is 2.32. The molecule has 6 heteroatoms. The van der Waals surface area contributed by atoms with Gasteiger partial charge in [0.15, 0.2) is 0 Å². The molecule has 1 aromatic heterocycles. The molecule has 0 saturated heterocycles. The zero-order chi connectivity index (χ0) is 14.5. The second-order valence-corrected chi connectivity index (χ2v) is 5.40.